The van der Waals surface area contributed by atoms with Gasteiger partial charge in [0.05, 0.1) is 4.90 Å². The summed E-state index contributed by atoms with van der Waals surface area (Å²) in [7, 11) is -3.53. The Morgan fingerprint density at radius 3 is 2.54 bits per heavy atom. The van der Waals surface area contributed by atoms with E-state index in [0.29, 0.717) is 18.0 Å². The van der Waals surface area contributed by atoms with Crippen molar-refractivity contribution in [1.29, 1.82) is 0 Å². The number of carbonyl (C=O) groups is 1. The molecule has 1 amide bonds. The van der Waals surface area contributed by atoms with E-state index in [1.54, 1.807) is 12.1 Å². The van der Waals surface area contributed by atoms with Crippen molar-refractivity contribution in [2.75, 3.05) is 19.6 Å². The van der Waals surface area contributed by atoms with Crippen LogP contribution >= 0.6 is 0 Å². The van der Waals surface area contributed by atoms with Gasteiger partial charge in [0, 0.05) is 24.7 Å². The van der Waals surface area contributed by atoms with Gasteiger partial charge >= 0.3 is 0 Å². The first kappa shape index (κ1) is 18.9. The third-order valence-corrected chi connectivity index (χ3v) is 5.69. The molecule has 0 spiro atoms. The maximum absolute atomic E-state index is 12.3. The number of carbonyl (C=O) groups excluding carboxylic acids is 1. The molecule has 1 fully saturated rings. The normalized spacial score (nSPS) is 21.7. The molecule has 0 aromatic heterocycles. The minimum absolute atomic E-state index is 0.0994. The monoisotopic (exact) mass is 353 g/mol. The maximum atomic E-state index is 12.3. The Balaban J connectivity index is 2.01. The molecule has 7 heteroatoms. The molecular weight excluding hydrogens is 326 g/mol. The van der Waals surface area contributed by atoms with Gasteiger partial charge in [-0.25, -0.2) is 13.1 Å². The van der Waals surface area contributed by atoms with Gasteiger partial charge in [-0.3, -0.25) is 4.79 Å². The smallest absolute Gasteiger partial charge is 0.251 e. The zero-order chi connectivity index (χ0) is 17.7. The van der Waals surface area contributed by atoms with Crippen molar-refractivity contribution in [3.8, 4) is 0 Å². The summed E-state index contributed by atoms with van der Waals surface area (Å²) in [4.78, 5) is 12.5. The van der Waals surface area contributed by atoms with E-state index in [2.05, 4.69) is 22.3 Å². The molecule has 2 rings (SSSR count). The van der Waals surface area contributed by atoms with Crippen LogP contribution in [0.5, 0.6) is 0 Å². The van der Waals surface area contributed by atoms with E-state index in [9.17, 15) is 13.2 Å². The molecule has 0 saturated carbocycles. The van der Waals surface area contributed by atoms with E-state index in [1.807, 2.05) is 13.8 Å². The van der Waals surface area contributed by atoms with Gasteiger partial charge < -0.3 is 10.6 Å². The molecule has 3 N–H and O–H groups in total. The zero-order valence-corrected chi connectivity index (χ0v) is 15.3. The predicted octanol–water partition coefficient (Wildman–Crippen LogP) is 1.35. The molecule has 1 aromatic rings. The summed E-state index contributed by atoms with van der Waals surface area (Å²) < 4.78 is 26.9. The quantitative estimate of drug-likeness (QED) is 0.720. The Labute approximate surface area is 144 Å². The lowest BCUT2D eigenvalue weighted by molar-refractivity contribution is 0.0915. The van der Waals surface area contributed by atoms with Gasteiger partial charge in [0.1, 0.15) is 0 Å². The molecule has 24 heavy (non-hydrogen) atoms. The fourth-order valence-corrected chi connectivity index (χ4v) is 3.79. The predicted molar refractivity (Wildman–Crippen MR) is 94.4 cm³/mol. The minimum atomic E-state index is -3.53. The molecular formula is C17H27N3O3S. The summed E-state index contributed by atoms with van der Waals surface area (Å²) in [5, 5.41) is 6.29. The number of hydrogen-bond donors (Lipinski definition) is 3. The van der Waals surface area contributed by atoms with E-state index in [-0.39, 0.29) is 22.8 Å². The summed E-state index contributed by atoms with van der Waals surface area (Å²) in [6, 6.07) is 6.16. The van der Waals surface area contributed by atoms with Crippen LogP contribution in [0, 0.1) is 11.8 Å². The molecule has 1 heterocycles. The number of sulfonamides is 1. The Hall–Kier alpha value is -1.44. The average Bonchev–Trinajstić information content (AvgIpc) is 2.55. The Kier molecular flexibility index (Phi) is 6.37. The Bertz CT molecular complexity index is 656. The first-order valence-electron chi connectivity index (χ1n) is 8.41. The molecule has 1 aliphatic heterocycles. The van der Waals surface area contributed by atoms with Crippen molar-refractivity contribution in [3.05, 3.63) is 29.8 Å². The molecule has 0 aliphatic carbocycles. The van der Waals surface area contributed by atoms with Gasteiger partial charge in [-0.05, 0) is 49.1 Å². The fraction of sp³-hybridized carbons (Fsp3) is 0.588. The SMILES string of the molecule is CC(C)CNS(=O)(=O)c1ccc(C(=O)NC2CNCCC2C)cc1. The van der Waals surface area contributed by atoms with Crippen LogP contribution in [-0.4, -0.2) is 40.0 Å². The summed E-state index contributed by atoms with van der Waals surface area (Å²) in [6.07, 6.45) is 1.03. The van der Waals surface area contributed by atoms with Crippen LogP contribution < -0.4 is 15.4 Å². The van der Waals surface area contributed by atoms with E-state index in [0.717, 1.165) is 19.5 Å². The molecule has 1 aromatic carbocycles. The van der Waals surface area contributed by atoms with Crippen LogP contribution in [-0.2, 0) is 10.0 Å². The molecule has 1 aliphatic rings. The van der Waals surface area contributed by atoms with Crippen LogP contribution in [0.4, 0.5) is 0 Å². The first-order valence-corrected chi connectivity index (χ1v) is 9.89. The first-order chi connectivity index (χ1) is 11.3. The number of benzene rings is 1. The van der Waals surface area contributed by atoms with Crippen molar-refractivity contribution in [2.24, 2.45) is 11.8 Å². The van der Waals surface area contributed by atoms with Gasteiger partial charge in [0.15, 0.2) is 0 Å². The number of hydrogen-bond acceptors (Lipinski definition) is 4. The van der Waals surface area contributed by atoms with E-state index >= 15 is 0 Å². The number of piperidine rings is 1. The maximum Gasteiger partial charge on any atom is 0.251 e. The number of amides is 1. The zero-order valence-electron chi connectivity index (χ0n) is 14.5. The van der Waals surface area contributed by atoms with Gasteiger partial charge in [-0.1, -0.05) is 20.8 Å². The van der Waals surface area contributed by atoms with Crippen LogP contribution in [0.15, 0.2) is 29.2 Å². The number of rotatable bonds is 6. The lowest BCUT2D eigenvalue weighted by atomic mass is 9.94. The van der Waals surface area contributed by atoms with Crippen molar-refractivity contribution < 1.29 is 13.2 Å². The van der Waals surface area contributed by atoms with Crippen LogP contribution in [0.2, 0.25) is 0 Å². The van der Waals surface area contributed by atoms with Gasteiger partial charge in [-0.2, -0.15) is 0 Å². The van der Waals surface area contributed by atoms with Crippen LogP contribution in [0.25, 0.3) is 0 Å². The van der Waals surface area contributed by atoms with Crippen molar-refractivity contribution in [1.82, 2.24) is 15.4 Å². The molecule has 2 unspecified atom stereocenters. The molecule has 0 bridgehead atoms. The highest BCUT2D eigenvalue weighted by molar-refractivity contribution is 7.89. The molecule has 134 valence electrons. The van der Waals surface area contributed by atoms with Gasteiger partial charge in [0.2, 0.25) is 10.0 Å². The Morgan fingerprint density at radius 1 is 1.29 bits per heavy atom. The average molecular weight is 353 g/mol. The lowest BCUT2D eigenvalue weighted by Gasteiger charge is -2.30. The Morgan fingerprint density at radius 2 is 1.96 bits per heavy atom. The van der Waals surface area contributed by atoms with E-state index in [4.69, 9.17) is 0 Å². The van der Waals surface area contributed by atoms with Crippen molar-refractivity contribution >= 4 is 15.9 Å². The van der Waals surface area contributed by atoms with E-state index in [1.165, 1.54) is 12.1 Å². The minimum Gasteiger partial charge on any atom is -0.348 e. The molecule has 0 radical (unpaired) electrons. The largest absolute Gasteiger partial charge is 0.348 e. The van der Waals surface area contributed by atoms with Crippen molar-refractivity contribution in [3.63, 3.8) is 0 Å². The topological polar surface area (TPSA) is 87.3 Å². The summed E-state index contributed by atoms with van der Waals surface area (Å²) in [6.45, 7) is 8.13. The highest BCUT2D eigenvalue weighted by Gasteiger charge is 2.23. The molecule has 1 saturated heterocycles. The third-order valence-electron chi connectivity index (χ3n) is 4.25. The highest BCUT2D eigenvalue weighted by atomic mass is 32.2. The molecule has 6 nitrogen and oxygen atoms in total. The second-order valence-electron chi connectivity index (χ2n) is 6.82. The van der Waals surface area contributed by atoms with Crippen LogP contribution in [0.1, 0.15) is 37.6 Å². The van der Waals surface area contributed by atoms with Gasteiger partial charge in [-0.15, -0.1) is 0 Å². The van der Waals surface area contributed by atoms with Crippen molar-refractivity contribution in [2.45, 2.75) is 38.1 Å². The third kappa shape index (κ3) is 5.03. The van der Waals surface area contributed by atoms with E-state index < -0.39 is 10.0 Å². The highest BCUT2D eigenvalue weighted by Crippen LogP contribution is 2.14. The lowest BCUT2D eigenvalue weighted by Crippen LogP contribution is -2.50. The summed E-state index contributed by atoms with van der Waals surface area (Å²) in [5.41, 5.74) is 0.468. The number of nitrogens with one attached hydrogen (secondary N) is 3. The summed E-state index contributed by atoms with van der Waals surface area (Å²) >= 11 is 0. The summed E-state index contributed by atoms with van der Waals surface area (Å²) in [5.74, 6) is 0.487. The second kappa shape index (κ2) is 8.09. The van der Waals surface area contributed by atoms with Gasteiger partial charge in [0.25, 0.3) is 5.91 Å². The second-order valence-corrected chi connectivity index (χ2v) is 8.59. The van der Waals surface area contributed by atoms with Crippen LogP contribution in [0.3, 0.4) is 0 Å². The fourth-order valence-electron chi connectivity index (χ4n) is 2.58. The standard InChI is InChI=1S/C17H27N3O3S/c1-12(2)10-19-24(22,23)15-6-4-14(5-7-15)17(21)20-16-11-18-9-8-13(16)3/h4-7,12-13,16,18-19H,8-11H2,1-3H3,(H,20,21). The molecule has 2 atom stereocenters.